The second-order valence-corrected chi connectivity index (χ2v) is 7.68. The van der Waals surface area contributed by atoms with Crippen LogP contribution in [0.4, 0.5) is 5.82 Å². The maximum Gasteiger partial charge on any atom is 0.315 e. The van der Waals surface area contributed by atoms with Gasteiger partial charge in [0.2, 0.25) is 5.95 Å². The van der Waals surface area contributed by atoms with Crippen molar-refractivity contribution in [2.24, 2.45) is 5.92 Å². The zero-order valence-electron chi connectivity index (χ0n) is 16.1. The largest absolute Gasteiger partial charge is 0.334 e. The molecular weight excluding hydrogens is 360 g/mol. The monoisotopic (exact) mass is 384 g/mol. The summed E-state index contributed by atoms with van der Waals surface area (Å²) < 4.78 is 1.37. The van der Waals surface area contributed by atoms with Crippen LogP contribution in [0.25, 0.3) is 5.95 Å². The molecule has 9 heteroatoms. The van der Waals surface area contributed by atoms with E-state index in [0.717, 1.165) is 37.8 Å². The van der Waals surface area contributed by atoms with E-state index < -0.39 is 11.8 Å². The average Bonchev–Trinajstić information content (AvgIpc) is 3.28. The number of nitrogens with zero attached hydrogens (tertiary/aromatic N) is 4. The minimum Gasteiger partial charge on any atom is -0.334 e. The molecule has 28 heavy (non-hydrogen) atoms. The Balaban J connectivity index is 1.57. The van der Waals surface area contributed by atoms with E-state index in [9.17, 15) is 14.4 Å². The lowest BCUT2D eigenvalue weighted by atomic mass is 9.99. The van der Waals surface area contributed by atoms with Crippen LogP contribution in [-0.4, -0.2) is 49.6 Å². The SMILES string of the molecule is Cc1cc(NC(=O)C(=O)N2CCC(C)CC2)n(-c2nc3c(c(=O)[nH]2)CCC3)n1. The Morgan fingerprint density at radius 2 is 2.00 bits per heavy atom. The number of hydrogen-bond acceptors (Lipinski definition) is 5. The summed E-state index contributed by atoms with van der Waals surface area (Å²) in [4.78, 5) is 46.1. The van der Waals surface area contributed by atoms with Crippen LogP contribution in [-0.2, 0) is 22.4 Å². The number of amides is 2. The van der Waals surface area contributed by atoms with Crippen LogP contribution in [0.1, 0.15) is 43.1 Å². The molecule has 1 saturated heterocycles. The first-order valence-corrected chi connectivity index (χ1v) is 9.71. The quantitative estimate of drug-likeness (QED) is 0.749. The molecule has 9 nitrogen and oxygen atoms in total. The molecule has 2 amide bonds. The zero-order chi connectivity index (χ0) is 19.8. The summed E-state index contributed by atoms with van der Waals surface area (Å²) in [5.41, 5.74) is 1.94. The Bertz CT molecular complexity index is 984. The van der Waals surface area contributed by atoms with Gasteiger partial charge in [-0.3, -0.25) is 19.4 Å². The second-order valence-electron chi connectivity index (χ2n) is 7.68. The van der Waals surface area contributed by atoms with Crippen LogP contribution in [0, 0.1) is 12.8 Å². The first kappa shape index (κ1) is 18.4. The molecule has 0 atom stereocenters. The minimum absolute atomic E-state index is 0.179. The molecule has 1 fully saturated rings. The van der Waals surface area contributed by atoms with Crippen molar-refractivity contribution in [3.8, 4) is 5.95 Å². The summed E-state index contributed by atoms with van der Waals surface area (Å²) in [5, 5.41) is 6.96. The van der Waals surface area contributed by atoms with Gasteiger partial charge in [-0.05, 0) is 44.9 Å². The molecule has 1 aliphatic carbocycles. The van der Waals surface area contributed by atoms with Crippen molar-refractivity contribution in [2.75, 3.05) is 18.4 Å². The standard InChI is InChI=1S/C19H24N6O3/c1-11-6-8-24(9-7-11)18(28)17(27)21-15-10-12(2)23-25(15)19-20-14-5-3-4-13(14)16(26)22-19/h10-11H,3-9H2,1-2H3,(H,21,27)(H,20,22,26). The number of rotatable bonds is 2. The molecule has 1 aliphatic heterocycles. The van der Waals surface area contributed by atoms with Crippen molar-refractivity contribution in [3.05, 3.63) is 33.4 Å². The minimum atomic E-state index is -0.709. The first-order valence-electron chi connectivity index (χ1n) is 9.71. The number of nitrogens with one attached hydrogen (secondary N) is 2. The number of aromatic amines is 1. The third-order valence-corrected chi connectivity index (χ3v) is 5.47. The van der Waals surface area contributed by atoms with Crippen molar-refractivity contribution in [3.63, 3.8) is 0 Å². The fourth-order valence-corrected chi connectivity index (χ4v) is 3.80. The highest BCUT2D eigenvalue weighted by atomic mass is 16.2. The molecule has 0 aromatic carbocycles. The normalized spacial score (nSPS) is 16.9. The molecule has 0 saturated carbocycles. The van der Waals surface area contributed by atoms with Gasteiger partial charge in [-0.15, -0.1) is 0 Å². The number of aryl methyl sites for hydroxylation is 2. The summed E-state index contributed by atoms with van der Waals surface area (Å²) in [7, 11) is 0. The van der Waals surface area contributed by atoms with E-state index in [-0.39, 0.29) is 11.5 Å². The number of H-pyrrole nitrogens is 1. The van der Waals surface area contributed by atoms with Crippen molar-refractivity contribution in [2.45, 2.75) is 46.0 Å². The van der Waals surface area contributed by atoms with Crippen molar-refractivity contribution >= 4 is 17.6 Å². The summed E-state index contributed by atoms with van der Waals surface area (Å²) in [6.45, 7) is 5.09. The van der Waals surface area contributed by atoms with E-state index >= 15 is 0 Å². The van der Waals surface area contributed by atoms with Crippen molar-refractivity contribution in [1.29, 1.82) is 0 Å². The van der Waals surface area contributed by atoms with E-state index in [1.165, 1.54) is 4.68 Å². The fraction of sp³-hybridized carbons (Fsp3) is 0.526. The van der Waals surface area contributed by atoms with Crippen LogP contribution in [0.5, 0.6) is 0 Å². The molecular formula is C19H24N6O3. The first-order chi connectivity index (χ1) is 13.4. The fourth-order valence-electron chi connectivity index (χ4n) is 3.80. The molecule has 2 aliphatic rings. The van der Waals surface area contributed by atoms with Gasteiger partial charge in [0, 0.05) is 24.7 Å². The van der Waals surface area contributed by atoms with Crippen LogP contribution in [0.2, 0.25) is 0 Å². The van der Waals surface area contributed by atoms with Gasteiger partial charge < -0.3 is 10.2 Å². The van der Waals surface area contributed by atoms with E-state index in [1.807, 2.05) is 0 Å². The lowest BCUT2D eigenvalue weighted by Gasteiger charge is -2.29. The highest BCUT2D eigenvalue weighted by Gasteiger charge is 2.27. The van der Waals surface area contributed by atoms with E-state index in [1.54, 1.807) is 17.9 Å². The molecule has 2 N–H and O–H groups in total. The molecule has 4 rings (SSSR count). The Labute approximate surface area is 162 Å². The molecule has 2 aromatic rings. The maximum absolute atomic E-state index is 12.5. The highest BCUT2D eigenvalue weighted by molar-refractivity contribution is 6.39. The molecule has 2 aromatic heterocycles. The van der Waals surface area contributed by atoms with E-state index in [4.69, 9.17) is 0 Å². The zero-order valence-corrected chi connectivity index (χ0v) is 16.1. The smallest absolute Gasteiger partial charge is 0.315 e. The molecule has 0 bridgehead atoms. The van der Waals surface area contributed by atoms with Crippen LogP contribution < -0.4 is 10.9 Å². The van der Waals surface area contributed by atoms with Gasteiger partial charge in [0.05, 0.1) is 11.4 Å². The number of anilines is 1. The van der Waals surface area contributed by atoms with E-state index in [0.29, 0.717) is 36.1 Å². The van der Waals surface area contributed by atoms with Crippen LogP contribution in [0.3, 0.4) is 0 Å². The maximum atomic E-state index is 12.5. The predicted molar refractivity (Wildman–Crippen MR) is 102 cm³/mol. The number of aromatic nitrogens is 4. The number of carbonyl (C=O) groups excluding carboxylic acids is 2. The molecule has 0 radical (unpaired) electrons. The van der Waals surface area contributed by atoms with E-state index in [2.05, 4.69) is 27.3 Å². The number of fused-ring (bicyclic) bond motifs is 1. The molecule has 3 heterocycles. The molecule has 0 unspecified atom stereocenters. The Morgan fingerprint density at radius 3 is 2.75 bits per heavy atom. The summed E-state index contributed by atoms with van der Waals surface area (Å²) in [6.07, 6.45) is 4.18. The number of likely N-dealkylation sites (tertiary alicyclic amines) is 1. The lowest BCUT2D eigenvalue weighted by molar-refractivity contribution is -0.144. The molecule has 0 spiro atoms. The van der Waals surface area contributed by atoms with Gasteiger partial charge in [0.15, 0.2) is 0 Å². The van der Waals surface area contributed by atoms with Crippen molar-refractivity contribution in [1.82, 2.24) is 24.6 Å². The number of carbonyl (C=O) groups is 2. The third kappa shape index (κ3) is 3.44. The van der Waals surface area contributed by atoms with Gasteiger partial charge in [0.1, 0.15) is 5.82 Å². The van der Waals surface area contributed by atoms with Gasteiger partial charge in [-0.25, -0.2) is 4.98 Å². The van der Waals surface area contributed by atoms with Gasteiger partial charge >= 0.3 is 11.8 Å². The Hall–Kier alpha value is -2.97. The second kappa shape index (κ2) is 7.21. The highest BCUT2D eigenvalue weighted by Crippen LogP contribution is 2.20. The third-order valence-electron chi connectivity index (χ3n) is 5.47. The van der Waals surface area contributed by atoms with Crippen molar-refractivity contribution < 1.29 is 9.59 Å². The van der Waals surface area contributed by atoms with Gasteiger partial charge in [-0.1, -0.05) is 6.92 Å². The van der Waals surface area contributed by atoms with Gasteiger partial charge in [-0.2, -0.15) is 9.78 Å². The number of piperidine rings is 1. The topological polar surface area (TPSA) is 113 Å². The molecule has 148 valence electrons. The summed E-state index contributed by atoms with van der Waals surface area (Å²) in [6, 6.07) is 1.65. The lowest BCUT2D eigenvalue weighted by Crippen LogP contribution is -2.44. The summed E-state index contributed by atoms with van der Waals surface area (Å²) >= 11 is 0. The predicted octanol–water partition coefficient (Wildman–Crippen LogP) is 0.950. The van der Waals surface area contributed by atoms with Gasteiger partial charge in [0.25, 0.3) is 5.56 Å². The average molecular weight is 384 g/mol. The van der Waals surface area contributed by atoms with Crippen LogP contribution in [0.15, 0.2) is 10.9 Å². The Kier molecular flexibility index (Phi) is 4.74. The Morgan fingerprint density at radius 1 is 1.25 bits per heavy atom. The number of hydrogen-bond donors (Lipinski definition) is 2. The van der Waals surface area contributed by atoms with Crippen LogP contribution >= 0.6 is 0 Å². The summed E-state index contributed by atoms with van der Waals surface area (Å²) in [5.74, 6) is -0.138.